The molecule has 0 spiro atoms. The van der Waals surface area contributed by atoms with Gasteiger partial charge in [0.1, 0.15) is 5.82 Å². The fraction of sp³-hybridized carbons (Fsp3) is 0.188. The highest BCUT2D eigenvalue weighted by Crippen LogP contribution is 2.21. The molecule has 2 aromatic carbocycles. The fourth-order valence-corrected chi connectivity index (χ4v) is 2.08. The van der Waals surface area contributed by atoms with Gasteiger partial charge in [0.05, 0.1) is 5.56 Å². The first-order chi connectivity index (χ1) is 9.47. The summed E-state index contributed by atoms with van der Waals surface area (Å²) in [6.07, 6.45) is 0. The smallest absolute Gasteiger partial charge is 0.335 e. The molecule has 20 heavy (non-hydrogen) atoms. The third-order valence-corrected chi connectivity index (χ3v) is 3.21. The van der Waals surface area contributed by atoms with Crippen LogP contribution in [0.2, 0.25) is 0 Å². The van der Waals surface area contributed by atoms with Gasteiger partial charge in [0.2, 0.25) is 0 Å². The SMILES string of the molecule is Cc1cc(NC(C)c2ccc(F)cc2)ccc1C(=O)O. The van der Waals surface area contributed by atoms with E-state index in [0.717, 1.165) is 11.3 Å². The normalized spacial score (nSPS) is 11.9. The summed E-state index contributed by atoms with van der Waals surface area (Å²) in [6.45, 7) is 3.73. The van der Waals surface area contributed by atoms with Crippen LogP contribution in [0.25, 0.3) is 0 Å². The lowest BCUT2D eigenvalue weighted by molar-refractivity contribution is 0.0696. The van der Waals surface area contributed by atoms with Crippen molar-refractivity contribution >= 4 is 11.7 Å². The third-order valence-electron chi connectivity index (χ3n) is 3.21. The molecule has 0 aromatic heterocycles. The average molecular weight is 273 g/mol. The molecular formula is C16H16FNO2. The van der Waals surface area contributed by atoms with E-state index < -0.39 is 5.97 Å². The van der Waals surface area contributed by atoms with Gasteiger partial charge in [0.25, 0.3) is 0 Å². The number of rotatable bonds is 4. The number of carbonyl (C=O) groups is 1. The van der Waals surface area contributed by atoms with Crippen LogP contribution in [0.15, 0.2) is 42.5 Å². The van der Waals surface area contributed by atoms with Gasteiger partial charge in [0, 0.05) is 11.7 Å². The maximum atomic E-state index is 12.9. The maximum Gasteiger partial charge on any atom is 0.335 e. The Hall–Kier alpha value is -2.36. The molecule has 2 aromatic rings. The monoisotopic (exact) mass is 273 g/mol. The molecule has 0 fully saturated rings. The number of aryl methyl sites for hydroxylation is 1. The second-order valence-electron chi connectivity index (χ2n) is 4.75. The number of carboxylic acid groups (broad SMARTS) is 1. The van der Waals surface area contributed by atoms with Crippen molar-refractivity contribution in [3.8, 4) is 0 Å². The summed E-state index contributed by atoms with van der Waals surface area (Å²) in [6, 6.07) is 11.4. The molecule has 0 heterocycles. The van der Waals surface area contributed by atoms with Crippen molar-refractivity contribution in [2.75, 3.05) is 5.32 Å². The Kier molecular flexibility index (Phi) is 4.03. The van der Waals surface area contributed by atoms with Gasteiger partial charge >= 0.3 is 5.97 Å². The first kappa shape index (κ1) is 14.1. The van der Waals surface area contributed by atoms with Crippen molar-refractivity contribution in [3.63, 3.8) is 0 Å². The molecule has 0 aliphatic rings. The molecule has 4 heteroatoms. The van der Waals surface area contributed by atoms with Crippen LogP contribution in [0.5, 0.6) is 0 Å². The van der Waals surface area contributed by atoms with Crippen LogP contribution in [-0.2, 0) is 0 Å². The van der Waals surface area contributed by atoms with E-state index in [4.69, 9.17) is 5.11 Å². The zero-order chi connectivity index (χ0) is 14.7. The molecule has 2 rings (SSSR count). The van der Waals surface area contributed by atoms with Crippen molar-refractivity contribution in [2.45, 2.75) is 19.9 Å². The highest BCUT2D eigenvalue weighted by atomic mass is 19.1. The van der Waals surface area contributed by atoms with Crippen LogP contribution in [0, 0.1) is 12.7 Å². The molecule has 0 saturated heterocycles. The third kappa shape index (κ3) is 3.15. The topological polar surface area (TPSA) is 49.3 Å². The predicted molar refractivity (Wildman–Crippen MR) is 76.6 cm³/mol. The zero-order valence-electron chi connectivity index (χ0n) is 11.4. The van der Waals surface area contributed by atoms with Crippen LogP contribution in [0.1, 0.15) is 34.5 Å². The van der Waals surface area contributed by atoms with Gasteiger partial charge in [-0.2, -0.15) is 0 Å². The van der Waals surface area contributed by atoms with E-state index in [1.165, 1.54) is 12.1 Å². The number of halogens is 1. The maximum absolute atomic E-state index is 12.9. The van der Waals surface area contributed by atoms with E-state index in [1.807, 2.05) is 6.92 Å². The highest BCUT2D eigenvalue weighted by Gasteiger charge is 2.09. The van der Waals surface area contributed by atoms with Crippen molar-refractivity contribution in [3.05, 3.63) is 65.0 Å². The van der Waals surface area contributed by atoms with Crippen LogP contribution in [0.3, 0.4) is 0 Å². The Labute approximate surface area is 117 Å². The Bertz CT molecular complexity index is 623. The molecule has 0 bridgehead atoms. The van der Waals surface area contributed by atoms with E-state index in [2.05, 4.69) is 5.32 Å². The van der Waals surface area contributed by atoms with Gasteiger partial charge in [0.15, 0.2) is 0 Å². The van der Waals surface area contributed by atoms with Crippen molar-refractivity contribution in [1.29, 1.82) is 0 Å². The Morgan fingerprint density at radius 2 is 1.85 bits per heavy atom. The summed E-state index contributed by atoms with van der Waals surface area (Å²) in [7, 11) is 0. The van der Waals surface area contributed by atoms with Crippen molar-refractivity contribution in [1.82, 2.24) is 0 Å². The number of aromatic carboxylic acids is 1. The number of hydrogen-bond acceptors (Lipinski definition) is 2. The van der Waals surface area contributed by atoms with E-state index >= 15 is 0 Å². The lowest BCUT2D eigenvalue weighted by Gasteiger charge is -2.16. The molecule has 1 unspecified atom stereocenters. The van der Waals surface area contributed by atoms with Gasteiger partial charge in [-0.05, 0) is 55.3 Å². The summed E-state index contributed by atoms with van der Waals surface area (Å²) in [4.78, 5) is 11.0. The first-order valence-corrected chi connectivity index (χ1v) is 6.33. The molecule has 0 saturated carbocycles. The quantitative estimate of drug-likeness (QED) is 0.885. The van der Waals surface area contributed by atoms with Crippen molar-refractivity contribution in [2.24, 2.45) is 0 Å². The Balaban J connectivity index is 2.15. The van der Waals surface area contributed by atoms with E-state index in [9.17, 15) is 9.18 Å². The zero-order valence-corrected chi connectivity index (χ0v) is 11.4. The van der Waals surface area contributed by atoms with E-state index in [0.29, 0.717) is 11.1 Å². The lowest BCUT2D eigenvalue weighted by Crippen LogP contribution is -2.07. The number of benzene rings is 2. The number of hydrogen-bond donors (Lipinski definition) is 2. The van der Waals surface area contributed by atoms with Crippen LogP contribution in [-0.4, -0.2) is 11.1 Å². The molecule has 0 aliphatic heterocycles. The minimum Gasteiger partial charge on any atom is -0.478 e. The van der Waals surface area contributed by atoms with Gasteiger partial charge in [-0.1, -0.05) is 12.1 Å². The second-order valence-corrected chi connectivity index (χ2v) is 4.75. The van der Waals surface area contributed by atoms with Gasteiger partial charge in [-0.3, -0.25) is 0 Å². The predicted octanol–water partition coefficient (Wildman–Crippen LogP) is 4.01. The van der Waals surface area contributed by atoms with Gasteiger partial charge in [-0.15, -0.1) is 0 Å². The van der Waals surface area contributed by atoms with E-state index in [-0.39, 0.29) is 11.9 Å². The summed E-state index contributed by atoms with van der Waals surface area (Å²) < 4.78 is 12.9. The molecule has 1 atom stereocenters. The molecule has 0 radical (unpaired) electrons. The molecular weight excluding hydrogens is 257 g/mol. The molecule has 2 N–H and O–H groups in total. The Morgan fingerprint density at radius 1 is 1.20 bits per heavy atom. The Morgan fingerprint density at radius 3 is 2.40 bits per heavy atom. The van der Waals surface area contributed by atoms with Crippen LogP contribution >= 0.6 is 0 Å². The van der Waals surface area contributed by atoms with Gasteiger partial charge in [-0.25, -0.2) is 9.18 Å². The standard InChI is InChI=1S/C16H16FNO2/c1-10-9-14(7-8-15(10)16(19)20)18-11(2)12-3-5-13(17)6-4-12/h3-9,11,18H,1-2H3,(H,19,20). The summed E-state index contributed by atoms with van der Waals surface area (Å²) in [5.74, 6) is -1.19. The molecule has 3 nitrogen and oxygen atoms in total. The number of nitrogens with one attached hydrogen (secondary N) is 1. The van der Waals surface area contributed by atoms with Gasteiger partial charge < -0.3 is 10.4 Å². The average Bonchev–Trinajstić information content (AvgIpc) is 2.39. The highest BCUT2D eigenvalue weighted by molar-refractivity contribution is 5.89. The lowest BCUT2D eigenvalue weighted by atomic mass is 10.1. The summed E-state index contributed by atoms with van der Waals surface area (Å²) >= 11 is 0. The number of carboxylic acids is 1. The minimum atomic E-state index is -0.930. The first-order valence-electron chi connectivity index (χ1n) is 6.33. The minimum absolute atomic E-state index is 0.00526. The molecule has 0 amide bonds. The molecule has 104 valence electrons. The van der Waals surface area contributed by atoms with Crippen LogP contribution in [0.4, 0.5) is 10.1 Å². The summed E-state index contributed by atoms with van der Waals surface area (Å²) in [5, 5.41) is 12.3. The summed E-state index contributed by atoms with van der Waals surface area (Å²) in [5.41, 5.74) is 2.80. The second kappa shape index (κ2) is 5.74. The van der Waals surface area contributed by atoms with Crippen molar-refractivity contribution < 1.29 is 14.3 Å². The fourth-order valence-electron chi connectivity index (χ4n) is 2.08. The van der Waals surface area contributed by atoms with Crippen LogP contribution < -0.4 is 5.32 Å². The van der Waals surface area contributed by atoms with E-state index in [1.54, 1.807) is 37.3 Å². The largest absolute Gasteiger partial charge is 0.478 e. The molecule has 0 aliphatic carbocycles. The number of anilines is 1.